The largest absolute Gasteiger partial charge is 0.416 e. The van der Waals surface area contributed by atoms with Crippen molar-refractivity contribution in [3.8, 4) is 16.9 Å². The van der Waals surface area contributed by atoms with Gasteiger partial charge in [0, 0.05) is 10.6 Å². The lowest BCUT2D eigenvalue weighted by Gasteiger charge is -2.13. The number of hydrogen-bond acceptors (Lipinski definition) is 3. The second kappa shape index (κ2) is 8.93. The Hall–Kier alpha value is -3.38. The summed E-state index contributed by atoms with van der Waals surface area (Å²) in [5.74, 6) is -14.2. The monoisotopic (exact) mass is 552 g/mol. The van der Waals surface area contributed by atoms with E-state index in [4.69, 9.17) is 11.6 Å². The standard InChI is InChI=1S/C23H9ClF8O3S/c24-16-9-11(23(30,31)32)4-6-15(16)14-3-1-2-10-8-12(5-7-13(10)14)36(33,34)35-22-20(28)18(26)17(25)19(27)21(22)29/h1-9H. The molecule has 0 aliphatic rings. The lowest BCUT2D eigenvalue weighted by Crippen LogP contribution is -2.14. The molecule has 36 heavy (non-hydrogen) atoms. The fourth-order valence-corrected chi connectivity index (χ4v) is 4.63. The van der Waals surface area contributed by atoms with E-state index in [1.165, 1.54) is 24.3 Å². The first kappa shape index (κ1) is 25.7. The van der Waals surface area contributed by atoms with Gasteiger partial charge in [-0.15, -0.1) is 0 Å². The SMILES string of the molecule is O=S(=O)(Oc1c(F)c(F)c(F)c(F)c1F)c1ccc2c(-c3ccc(C(F)(F)F)cc3Cl)cccc2c1. The smallest absolute Gasteiger partial charge is 0.372 e. The zero-order valence-electron chi connectivity index (χ0n) is 17.2. The molecule has 0 N–H and O–H groups in total. The van der Waals surface area contributed by atoms with E-state index in [9.17, 15) is 43.5 Å². The van der Waals surface area contributed by atoms with Crippen molar-refractivity contribution in [1.82, 2.24) is 0 Å². The number of halogens is 9. The summed E-state index contributed by atoms with van der Waals surface area (Å²) in [6.07, 6.45) is -4.63. The zero-order chi connectivity index (χ0) is 26.6. The van der Waals surface area contributed by atoms with Crippen LogP contribution < -0.4 is 4.18 Å². The molecule has 0 fully saturated rings. The number of benzene rings is 4. The molecule has 0 saturated carbocycles. The van der Waals surface area contributed by atoms with Crippen molar-refractivity contribution in [1.29, 1.82) is 0 Å². The number of fused-ring (bicyclic) bond motifs is 1. The molecule has 0 aliphatic carbocycles. The first-order valence-corrected chi connectivity index (χ1v) is 11.4. The second-order valence-corrected chi connectivity index (χ2v) is 9.27. The second-order valence-electron chi connectivity index (χ2n) is 7.32. The third kappa shape index (κ3) is 4.46. The number of hydrogen-bond donors (Lipinski definition) is 0. The van der Waals surface area contributed by atoms with Gasteiger partial charge in [0.2, 0.25) is 34.8 Å². The topological polar surface area (TPSA) is 43.4 Å². The molecule has 188 valence electrons. The Morgan fingerprint density at radius 3 is 1.92 bits per heavy atom. The highest BCUT2D eigenvalue weighted by Gasteiger charge is 2.32. The van der Waals surface area contributed by atoms with Crippen LogP contribution in [0.25, 0.3) is 21.9 Å². The van der Waals surface area contributed by atoms with E-state index in [1.807, 2.05) is 0 Å². The molecular formula is C23H9ClF8O3S. The molecule has 0 amide bonds. The van der Waals surface area contributed by atoms with Crippen molar-refractivity contribution >= 4 is 32.5 Å². The molecule has 0 bridgehead atoms. The Morgan fingerprint density at radius 2 is 1.33 bits per heavy atom. The highest BCUT2D eigenvalue weighted by molar-refractivity contribution is 7.87. The molecule has 13 heteroatoms. The molecule has 0 aromatic heterocycles. The van der Waals surface area contributed by atoms with Crippen molar-refractivity contribution in [3.05, 3.63) is 94.3 Å². The highest BCUT2D eigenvalue weighted by Crippen LogP contribution is 2.39. The van der Waals surface area contributed by atoms with Crippen LogP contribution in [0.15, 0.2) is 59.5 Å². The van der Waals surface area contributed by atoms with Crippen molar-refractivity contribution in [2.24, 2.45) is 0 Å². The van der Waals surface area contributed by atoms with E-state index in [0.29, 0.717) is 10.9 Å². The molecule has 0 unspecified atom stereocenters. The summed E-state index contributed by atoms with van der Waals surface area (Å²) in [4.78, 5) is -0.699. The Morgan fingerprint density at radius 1 is 0.722 bits per heavy atom. The Labute approximate surface area is 202 Å². The van der Waals surface area contributed by atoms with E-state index in [0.717, 1.165) is 30.3 Å². The Bertz CT molecular complexity index is 1610. The van der Waals surface area contributed by atoms with E-state index < -0.39 is 61.6 Å². The molecule has 4 aromatic rings. The lowest BCUT2D eigenvalue weighted by molar-refractivity contribution is -0.137. The lowest BCUT2D eigenvalue weighted by atomic mass is 9.97. The van der Waals surface area contributed by atoms with Crippen LogP contribution in [-0.4, -0.2) is 8.42 Å². The van der Waals surface area contributed by atoms with Gasteiger partial charge in [0.1, 0.15) is 4.90 Å². The third-order valence-corrected chi connectivity index (χ3v) is 6.62. The quantitative estimate of drug-likeness (QED) is 0.113. The fourth-order valence-electron chi connectivity index (χ4n) is 3.38. The molecule has 0 radical (unpaired) electrons. The number of alkyl halides is 3. The summed E-state index contributed by atoms with van der Waals surface area (Å²) in [5.41, 5.74) is -0.450. The summed E-state index contributed by atoms with van der Waals surface area (Å²) < 4.78 is 136. The molecule has 0 heterocycles. The van der Waals surface area contributed by atoms with Gasteiger partial charge in [0.15, 0.2) is 0 Å². The minimum atomic E-state index is -5.09. The maximum Gasteiger partial charge on any atom is 0.416 e. The predicted octanol–water partition coefficient (Wildman–Crippen LogP) is 7.64. The van der Waals surface area contributed by atoms with Crippen LogP contribution in [0.3, 0.4) is 0 Å². The summed E-state index contributed by atoms with van der Waals surface area (Å²) in [6, 6.07) is 10.2. The average Bonchev–Trinajstić information content (AvgIpc) is 2.83. The van der Waals surface area contributed by atoms with Crippen LogP contribution in [0, 0.1) is 29.1 Å². The van der Waals surface area contributed by atoms with E-state index >= 15 is 0 Å². The van der Waals surface area contributed by atoms with Crippen molar-refractivity contribution in [2.45, 2.75) is 11.1 Å². The summed E-state index contributed by atoms with van der Waals surface area (Å²) in [7, 11) is -5.09. The van der Waals surface area contributed by atoms with E-state index in [1.54, 1.807) is 0 Å². The van der Waals surface area contributed by atoms with Crippen molar-refractivity contribution in [3.63, 3.8) is 0 Å². The maximum atomic E-state index is 13.9. The zero-order valence-corrected chi connectivity index (χ0v) is 18.8. The van der Waals surface area contributed by atoms with Crippen LogP contribution in [0.5, 0.6) is 5.75 Å². The first-order valence-electron chi connectivity index (χ1n) is 9.58. The van der Waals surface area contributed by atoms with Crippen molar-refractivity contribution < 1.29 is 47.7 Å². The van der Waals surface area contributed by atoms with E-state index in [2.05, 4.69) is 4.18 Å². The molecule has 4 rings (SSSR count). The Balaban J connectivity index is 1.78. The molecule has 0 aliphatic heterocycles. The average molecular weight is 553 g/mol. The van der Waals surface area contributed by atoms with Crippen LogP contribution in [0.2, 0.25) is 5.02 Å². The molecular weight excluding hydrogens is 544 g/mol. The highest BCUT2D eigenvalue weighted by atomic mass is 35.5. The summed E-state index contributed by atoms with van der Waals surface area (Å²) in [6.45, 7) is 0. The number of rotatable bonds is 4. The van der Waals surface area contributed by atoms with Crippen LogP contribution >= 0.6 is 11.6 Å². The van der Waals surface area contributed by atoms with Gasteiger partial charge in [0.25, 0.3) is 0 Å². The normalized spacial score (nSPS) is 12.2. The molecule has 3 nitrogen and oxygen atoms in total. The molecule has 0 atom stereocenters. The summed E-state index contributed by atoms with van der Waals surface area (Å²) >= 11 is 6.06. The van der Waals surface area contributed by atoms with Crippen molar-refractivity contribution in [2.75, 3.05) is 0 Å². The maximum absolute atomic E-state index is 13.9. The van der Waals surface area contributed by atoms with Crippen LogP contribution in [0.1, 0.15) is 5.56 Å². The van der Waals surface area contributed by atoms with E-state index in [-0.39, 0.29) is 16.0 Å². The van der Waals surface area contributed by atoms with Gasteiger partial charge in [-0.25, -0.2) is 13.2 Å². The predicted molar refractivity (Wildman–Crippen MR) is 113 cm³/mol. The van der Waals surface area contributed by atoms with Gasteiger partial charge in [-0.1, -0.05) is 41.9 Å². The minimum Gasteiger partial charge on any atom is -0.372 e. The van der Waals surface area contributed by atoms with Gasteiger partial charge in [-0.2, -0.15) is 30.4 Å². The van der Waals surface area contributed by atoms with Crippen LogP contribution in [0.4, 0.5) is 35.1 Å². The van der Waals surface area contributed by atoms with Gasteiger partial charge in [-0.05, 0) is 40.6 Å². The van der Waals surface area contributed by atoms with Gasteiger partial charge in [-0.3, -0.25) is 0 Å². The third-order valence-electron chi connectivity index (χ3n) is 5.09. The van der Waals surface area contributed by atoms with Gasteiger partial charge >= 0.3 is 16.3 Å². The molecule has 0 saturated heterocycles. The Kier molecular flexibility index (Phi) is 6.38. The van der Waals surface area contributed by atoms with Gasteiger partial charge < -0.3 is 4.18 Å². The first-order chi connectivity index (χ1) is 16.7. The van der Waals surface area contributed by atoms with Gasteiger partial charge in [0.05, 0.1) is 5.56 Å². The summed E-state index contributed by atoms with van der Waals surface area (Å²) in [5, 5.41) is 0.281. The fraction of sp³-hybridized carbons (Fsp3) is 0.0435. The molecule has 0 spiro atoms. The minimum absolute atomic E-state index is 0.186. The molecule has 4 aromatic carbocycles. The van der Waals surface area contributed by atoms with Crippen LogP contribution in [-0.2, 0) is 16.3 Å².